The van der Waals surface area contributed by atoms with Crippen LogP contribution in [0, 0.1) is 29.9 Å². The van der Waals surface area contributed by atoms with E-state index in [4.69, 9.17) is 11.0 Å². The number of nitriles is 1. The molecule has 1 unspecified atom stereocenters. The molecule has 0 aliphatic carbocycles. The molecule has 42 heavy (non-hydrogen) atoms. The van der Waals surface area contributed by atoms with Crippen LogP contribution in [0.5, 0.6) is 0 Å². The van der Waals surface area contributed by atoms with Crippen molar-refractivity contribution in [2.45, 2.75) is 32.6 Å². The van der Waals surface area contributed by atoms with Crippen LogP contribution in [0.15, 0.2) is 82.4 Å². The van der Waals surface area contributed by atoms with Gasteiger partial charge < -0.3 is 10.6 Å². The van der Waals surface area contributed by atoms with Crippen molar-refractivity contribution in [3.8, 4) is 6.07 Å². The maximum Gasteiger partial charge on any atom is 0.331 e. The number of hydrogen-bond acceptors (Lipinski definition) is 6. The minimum absolute atomic E-state index is 0.0899. The molecular formula is C32H32F2N6O2. The zero-order valence-electron chi connectivity index (χ0n) is 23.3. The molecule has 216 valence electrons. The molecule has 1 aromatic heterocycles. The van der Waals surface area contributed by atoms with E-state index in [1.54, 1.807) is 19.1 Å². The highest BCUT2D eigenvalue weighted by molar-refractivity contribution is 5.50. The highest BCUT2D eigenvalue weighted by atomic mass is 19.1. The van der Waals surface area contributed by atoms with Crippen molar-refractivity contribution in [2.24, 2.45) is 5.73 Å². The summed E-state index contributed by atoms with van der Waals surface area (Å²) in [7, 11) is 0. The number of nitrogens with two attached hydrogens (primary N) is 1. The number of halogens is 2. The van der Waals surface area contributed by atoms with E-state index in [1.165, 1.54) is 10.6 Å². The van der Waals surface area contributed by atoms with Gasteiger partial charge in [0.1, 0.15) is 17.3 Å². The summed E-state index contributed by atoms with van der Waals surface area (Å²) in [6, 6.07) is 21.6. The van der Waals surface area contributed by atoms with Crippen molar-refractivity contribution in [3.63, 3.8) is 0 Å². The van der Waals surface area contributed by atoms with Crippen molar-refractivity contribution >= 4 is 5.69 Å². The molecule has 5 rings (SSSR count). The predicted octanol–water partition coefficient (Wildman–Crippen LogP) is 3.54. The Morgan fingerprint density at radius 3 is 2.12 bits per heavy atom. The van der Waals surface area contributed by atoms with E-state index in [0.717, 1.165) is 27.8 Å². The molecule has 10 heteroatoms. The summed E-state index contributed by atoms with van der Waals surface area (Å²) in [6.45, 7) is 4.23. The number of benzene rings is 3. The van der Waals surface area contributed by atoms with Gasteiger partial charge in [-0.15, -0.1) is 0 Å². The summed E-state index contributed by atoms with van der Waals surface area (Å²) < 4.78 is 31.7. The largest absolute Gasteiger partial charge is 0.363 e. The molecule has 0 spiro atoms. The average Bonchev–Trinajstić information content (AvgIpc) is 3.00. The minimum atomic E-state index is -0.766. The first kappa shape index (κ1) is 28.9. The summed E-state index contributed by atoms with van der Waals surface area (Å²) in [5.74, 6) is -1.53. The second-order valence-corrected chi connectivity index (χ2v) is 10.5. The lowest BCUT2D eigenvalue weighted by atomic mass is 10.1. The molecule has 2 heterocycles. The Balaban J connectivity index is 1.48. The molecular weight excluding hydrogens is 538 g/mol. The number of nitrogens with zero attached hydrogens (tertiary/aromatic N) is 5. The Labute approximate surface area is 242 Å². The molecule has 0 amide bonds. The highest BCUT2D eigenvalue weighted by Gasteiger charge is 2.26. The second-order valence-electron chi connectivity index (χ2n) is 10.5. The average molecular weight is 571 g/mol. The lowest BCUT2D eigenvalue weighted by Crippen LogP contribution is -2.51. The van der Waals surface area contributed by atoms with Crippen LogP contribution in [-0.2, 0) is 19.6 Å². The van der Waals surface area contributed by atoms with Crippen LogP contribution in [0.4, 0.5) is 14.5 Å². The third-order valence-electron chi connectivity index (χ3n) is 7.82. The van der Waals surface area contributed by atoms with E-state index in [2.05, 4.69) is 11.0 Å². The monoisotopic (exact) mass is 570 g/mol. The molecule has 2 N–H and O–H groups in total. The maximum atomic E-state index is 14.7. The predicted molar refractivity (Wildman–Crippen MR) is 157 cm³/mol. The van der Waals surface area contributed by atoms with Crippen LogP contribution >= 0.6 is 0 Å². The van der Waals surface area contributed by atoms with Gasteiger partial charge in [-0.05, 0) is 42.3 Å². The number of hydrogen-bond donors (Lipinski definition) is 1. The Morgan fingerprint density at radius 1 is 0.857 bits per heavy atom. The van der Waals surface area contributed by atoms with Gasteiger partial charge in [0, 0.05) is 50.0 Å². The first-order valence-corrected chi connectivity index (χ1v) is 13.8. The normalized spacial score (nSPS) is 14.5. The molecule has 1 aliphatic heterocycles. The number of piperazine rings is 1. The van der Waals surface area contributed by atoms with Crippen LogP contribution in [0.3, 0.4) is 0 Å². The number of anilines is 1. The summed E-state index contributed by atoms with van der Waals surface area (Å²) in [5, 5.41) is 9.05. The zero-order valence-corrected chi connectivity index (χ0v) is 23.3. The molecule has 1 atom stereocenters. The summed E-state index contributed by atoms with van der Waals surface area (Å²) in [4.78, 5) is 31.8. The molecule has 1 fully saturated rings. The van der Waals surface area contributed by atoms with Crippen LogP contribution in [0.2, 0.25) is 0 Å². The Bertz CT molecular complexity index is 1700. The van der Waals surface area contributed by atoms with Crippen LogP contribution in [0.25, 0.3) is 0 Å². The third kappa shape index (κ3) is 6.03. The molecule has 1 saturated heterocycles. The Kier molecular flexibility index (Phi) is 8.61. The smallest absolute Gasteiger partial charge is 0.331 e. The van der Waals surface area contributed by atoms with Crippen LogP contribution < -0.4 is 21.9 Å². The van der Waals surface area contributed by atoms with Crippen molar-refractivity contribution in [3.05, 3.63) is 133 Å². The summed E-state index contributed by atoms with van der Waals surface area (Å²) in [5.41, 5.74) is 8.14. The van der Waals surface area contributed by atoms with E-state index in [9.17, 15) is 18.4 Å². The van der Waals surface area contributed by atoms with Gasteiger partial charge in [-0.3, -0.25) is 18.8 Å². The molecule has 3 aromatic carbocycles. The van der Waals surface area contributed by atoms with Crippen molar-refractivity contribution in [1.29, 1.82) is 5.26 Å². The van der Waals surface area contributed by atoms with Gasteiger partial charge in [-0.25, -0.2) is 13.6 Å². The molecule has 0 radical (unpaired) electrons. The first-order valence-electron chi connectivity index (χ1n) is 13.8. The van der Waals surface area contributed by atoms with Crippen molar-refractivity contribution in [1.82, 2.24) is 14.0 Å². The second kappa shape index (κ2) is 12.5. The van der Waals surface area contributed by atoms with Gasteiger partial charge in [-0.2, -0.15) is 5.26 Å². The lowest BCUT2D eigenvalue weighted by molar-refractivity contribution is 0.249. The van der Waals surface area contributed by atoms with E-state index < -0.39 is 28.9 Å². The first-order chi connectivity index (χ1) is 20.3. The summed E-state index contributed by atoms with van der Waals surface area (Å²) in [6.07, 6.45) is 0. The van der Waals surface area contributed by atoms with Gasteiger partial charge in [-0.1, -0.05) is 48.5 Å². The SMILES string of the molecule is Cc1c(N2CCN(Cc3ccc(C#N)cc3)CC2)c(=O)n(CC(N)c2ccccc2)c(=O)n1Cc1c(F)cccc1F. The van der Waals surface area contributed by atoms with Gasteiger partial charge in [0.25, 0.3) is 5.56 Å². The molecule has 4 aromatic rings. The van der Waals surface area contributed by atoms with Gasteiger partial charge in [0.15, 0.2) is 0 Å². The Morgan fingerprint density at radius 2 is 1.50 bits per heavy atom. The molecule has 0 bridgehead atoms. The minimum Gasteiger partial charge on any atom is -0.363 e. The van der Waals surface area contributed by atoms with Gasteiger partial charge in [0.05, 0.1) is 24.7 Å². The van der Waals surface area contributed by atoms with Crippen molar-refractivity contribution in [2.75, 3.05) is 31.1 Å². The highest BCUT2D eigenvalue weighted by Crippen LogP contribution is 2.21. The van der Waals surface area contributed by atoms with Crippen molar-refractivity contribution < 1.29 is 8.78 Å². The Hall–Kier alpha value is -4.59. The quantitative estimate of drug-likeness (QED) is 0.348. The number of rotatable bonds is 8. The molecule has 8 nitrogen and oxygen atoms in total. The van der Waals surface area contributed by atoms with Gasteiger partial charge >= 0.3 is 5.69 Å². The lowest BCUT2D eigenvalue weighted by Gasteiger charge is -2.37. The van der Waals surface area contributed by atoms with Crippen LogP contribution in [-0.4, -0.2) is 40.2 Å². The van der Waals surface area contributed by atoms with E-state index in [-0.39, 0.29) is 18.7 Å². The standard InChI is InChI=1S/C32H32F2N6O2/c1-22-30(38-16-14-37(15-17-38)19-24-12-10-23(18-35)11-13-24)31(41)40(21-29(36)25-6-3-2-4-7-25)32(42)39(22)20-26-27(33)8-5-9-28(26)34/h2-13,29H,14-17,19-21,36H2,1H3. The third-order valence-corrected chi connectivity index (χ3v) is 7.82. The molecule has 0 saturated carbocycles. The molecule has 1 aliphatic rings. The summed E-state index contributed by atoms with van der Waals surface area (Å²) >= 11 is 0. The zero-order chi connectivity index (χ0) is 29.8. The topological polar surface area (TPSA) is 100 Å². The maximum absolute atomic E-state index is 14.7. The van der Waals surface area contributed by atoms with E-state index in [1.807, 2.05) is 47.4 Å². The number of aromatic nitrogens is 2. The van der Waals surface area contributed by atoms with E-state index >= 15 is 0 Å². The van der Waals surface area contributed by atoms with Crippen LogP contribution in [0.1, 0.15) is 34.0 Å². The van der Waals surface area contributed by atoms with E-state index in [0.29, 0.717) is 49.7 Å². The fourth-order valence-corrected chi connectivity index (χ4v) is 5.41. The fourth-order valence-electron chi connectivity index (χ4n) is 5.41. The van der Waals surface area contributed by atoms with Gasteiger partial charge in [0.2, 0.25) is 0 Å². The fraction of sp³-hybridized carbons (Fsp3) is 0.281.